The Kier molecular flexibility index (Phi) is 4.93. The first-order chi connectivity index (χ1) is 9.11. The molecular weight excluding hydrogens is 311 g/mol. The van der Waals surface area contributed by atoms with E-state index in [1.165, 1.54) is 24.6 Å². The molecule has 1 heterocycles. The SMILES string of the molecule is CCN1CCCC1CNC(=O)c1ccc(F)cc1Br. The van der Waals surface area contributed by atoms with Crippen LogP contribution in [0, 0.1) is 5.82 Å². The van der Waals surface area contributed by atoms with E-state index >= 15 is 0 Å². The summed E-state index contributed by atoms with van der Waals surface area (Å²) in [6.45, 7) is 4.91. The Hall–Kier alpha value is -0.940. The zero-order valence-corrected chi connectivity index (χ0v) is 12.5. The molecule has 104 valence electrons. The van der Waals surface area contributed by atoms with Crippen LogP contribution in [0.1, 0.15) is 30.1 Å². The number of nitrogens with one attached hydrogen (secondary N) is 1. The Morgan fingerprint density at radius 3 is 3.05 bits per heavy atom. The molecule has 0 bridgehead atoms. The van der Waals surface area contributed by atoms with Crippen LogP contribution in [0.5, 0.6) is 0 Å². The summed E-state index contributed by atoms with van der Waals surface area (Å²) in [7, 11) is 0. The molecule has 0 saturated carbocycles. The van der Waals surface area contributed by atoms with Crippen LogP contribution in [0.3, 0.4) is 0 Å². The first-order valence-electron chi connectivity index (χ1n) is 6.59. The highest BCUT2D eigenvalue weighted by atomic mass is 79.9. The Balaban J connectivity index is 1.94. The molecule has 3 nitrogen and oxygen atoms in total. The van der Waals surface area contributed by atoms with Crippen molar-refractivity contribution in [3.63, 3.8) is 0 Å². The minimum atomic E-state index is -0.351. The standard InChI is InChI=1S/C14H18BrFN2O/c1-2-18-7-3-4-11(18)9-17-14(19)12-6-5-10(16)8-13(12)15/h5-6,8,11H,2-4,7,9H2,1H3,(H,17,19). The lowest BCUT2D eigenvalue weighted by Gasteiger charge is -2.22. The molecule has 1 aromatic rings. The average Bonchev–Trinajstić information content (AvgIpc) is 2.83. The molecule has 0 radical (unpaired) electrons. The van der Waals surface area contributed by atoms with E-state index in [1.807, 2.05) is 0 Å². The number of likely N-dealkylation sites (N-methyl/N-ethyl adjacent to an activating group) is 1. The first-order valence-corrected chi connectivity index (χ1v) is 7.38. The number of hydrogen-bond acceptors (Lipinski definition) is 2. The van der Waals surface area contributed by atoms with Gasteiger partial charge in [-0.2, -0.15) is 0 Å². The molecule has 1 aromatic carbocycles. The van der Waals surface area contributed by atoms with E-state index < -0.39 is 0 Å². The van der Waals surface area contributed by atoms with Gasteiger partial charge in [0.1, 0.15) is 5.82 Å². The Morgan fingerprint density at radius 2 is 2.37 bits per heavy atom. The minimum absolute atomic E-state index is 0.158. The third-order valence-corrected chi connectivity index (χ3v) is 4.24. The van der Waals surface area contributed by atoms with Crippen LogP contribution in [0.25, 0.3) is 0 Å². The Labute approximate surface area is 121 Å². The number of hydrogen-bond donors (Lipinski definition) is 1. The van der Waals surface area contributed by atoms with Gasteiger partial charge in [-0.3, -0.25) is 9.69 Å². The lowest BCUT2D eigenvalue weighted by Crippen LogP contribution is -2.40. The molecule has 1 N–H and O–H groups in total. The summed E-state index contributed by atoms with van der Waals surface area (Å²) in [5, 5.41) is 2.93. The zero-order valence-electron chi connectivity index (χ0n) is 11.0. The Morgan fingerprint density at radius 1 is 1.58 bits per heavy atom. The van der Waals surface area contributed by atoms with Crippen molar-refractivity contribution in [3.05, 3.63) is 34.1 Å². The van der Waals surface area contributed by atoms with Gasteiger partial charge in [-0.05, 0) is 60.1 Å². The molecule has 1 atom stereocenters. The van der Waals surface area contributed by atoms with E-state index in [4.69, 9.17) is 0 Å². The van der Waals surface area contributed by atoms with E-state index in [0.29, 0.717) is 22.6 Å². The first kappa shape index (κ1) is 14.5. The normalized spacial score (nSPS) is 19.6. The fraction of sp³-hybridized carbons (Fsp3) is 0.500. The van der Waals surface area contributed by atoms with E-state index in [1.54, 1.807) is 0 Å². The van der Waals surface area contributed by atoms with Crippen LogP contribution < -0.4 is 5.32 Å². The highest BCUT2D eigenvalue weighted by molar-refractivity contribution is 9.10. The predicted molar refractivity (Wildman–Crippen MR) is 76.7 cm³/mol. The van der Waals surface area contributed by atoms with E-state index in [0.717, 1.165) is 19.5 Å². The molecule has 1 saturated heterocycles. The predicted octanol–water partition coefficient (Wildman–Crippen LogP) is 2.80. The summed E-state index contributed by atoms with van der Waals surface area (Å²) in [5.41, 5.74) is 0.474. The van der Waals surface area contributed by atoms with Crippen molar-refractivity contribution in [1.82, 2.24) is 10.2 Å². The smallest absolute Gasteiger partial charge is 0.252 e. The molecule has 1 unspecified atom stereocenters. The molecule has 1 aliphatic rings. The van der Waals surface area contributed by atoms with E-state index in [9.17, 15) is 9.18 Å². The molecular formula is C14H18BrFN2O. The summed E-state index contributed by atoms with van der Waals surface area (Å²) in [6.07, 6.45) is 2.31. The van der Waals surface area contributed by atoms with Gasteiger partial charge in [0, 0.05) is 17.1 Å². The highest BCUT2D eigenvalue weighted by Crippen LogP contribution is 2.19. The second-order valence-electron chi connectivity index (χ2n) is 4.76. The molecule has 2 rings (SSSR count). The number of amides is 1. The second-order valence-corrected chi connectivity index (χ2v) is 5.61. The van der Waals surface area contributed by atoms with E-state index in [-0.39, 0.29) is 11.7 Å². The molecule has 1 aliphatic heterocycles. The van der Waals surface area contributed by atoms with Crippen LogP contribution in [-0.4, -0.2) is 36.5 Å². The number of carbonyl (C=O) groups is 1. The lowest BCUT2D eigenvalue weighted by molar-refractivity contribution is 0.0940. The number of rotatable bonds is 4. The van der Waals surface area contributed by atoms with Gasteiger partial charge in [-0.15, -0.1) is 0 Å². The number of halogens is 2. The number of likely N-dealkylation sites (tertiary alicyclic amines) is 1. The van der Waals surface area contributed by atoms with Crippen molar-refractivity contribution in [3.8, 4) is 0 Å². The van der Waals surface area contributed by atoms with Crippen LogP contribution in [0.2, 0.25) is 0 Å². The average molecular weight is 329 g/mol. The third-order valence-electron chi connectivity index (χ3n) is 3.58. The molecule has 0 aliphatic carbocycles. The van der Waals surface area contributed by atoms with Crippen molar-refractivity contribution in [2.24, 2.45) is 0 Å². The van der Waals surface area contributed by atoms with Crippen LogP contribution in [-0.2, 0) is 0 Å². The molecule has 1 fully saturated rings. The topological polar surface area (TPSA) is 32.3 Å². The van der Waals surface area contributed by atoms with Gasteiger partial charge in [-0.1, -0.05) is 6.92 Å². The van der Waals surface area contributed by atoms with Crippen LogP contribution in [0.15, 0.2) is 22.7 Å². The molecule has 1 amide bonds. The lowest BCUT2D eigenvalue weighted by atomic mass is 10.2. The fourth-order valence-electron chi connectivity index (χ4n) is 2.52. The largest absolute Gasteiger partial charge is 0.350 e. The summed E-state index contributed by atoms with van der Waals surface area (Å²) < 4.78 is 13.5. The van der Waals surface area contributed by atoms with Gasteiger partial charge in [0.05, 0.1) is 5.56 Å². The Bertz CT molecular complexity index is 467. The van der Waals surface area contributed by atoms with Gasteiger partial charge in [0.2, 0.25) is 0 Å². The minimum Gasteiger partial charge on any atom is -0.350 e. The highest BCUT2D eigenvalue weighted by Gasteiger charge is 2.23. The molecule has 0 aromatic heterocycles. The number of nitrogens with zero attached hydrogens (tertiary/aromatic N) is 1. The van der Waals surface area contributed by atoms with Gasteiger partial charge in [0.25, 0.3) is 5.91 Å². The van der Waals surface area contributed by atoms with Crippen molar-refractivity contribution < 1.29 is 9.18 Å². The molecule has 0 spiro atoms. The van der Waals surface area contributed by atoms with Crippen molar-refractivity contribution in [2.45, 2.75) is 25.8 Å². The van der Waals surface area contributed by atoms with Gasteiger partial charge >= 0.3 is 0 Å². The monoisotopic (exact) mass is 328 g/mol. The third kappa shape index (κ3) is 3.54. The van der Waals surface area contributed by atoms with Gasteiger partial charge < -0.3 is 5.32 Å². The summed E-state index contributed by atoms with van der Waals surface area (Å²) in [4.78, 5) is 14.4. The summed E-state index contributed by atoms with van der Waals surface area (Å²) in [5.74, 6) is -0.508. The maximum atomic E-state index is 13.0. The van der Waals surface area contributed by atoms with Gasteiger partial charge in [0.15, 0.2) is 0 Å². The van der Waals surface area contributed by atoms with Crippen molar-refractivity contribution >= 4 is 21.8 Å². The van der Waals surface area contributed by atoms with Gasteiger partial charge in [-0.25, -0.2) is 4.39 Å². The van der Waals surface area contributed by atoms with Crippen molar-refractivity contribution in [1.29, 1.82) is 0 Å². The zero-order chi connectivity index (χ0) is 13.8. The summed E-state index contributed by atoms with van der Waals surface area (Å²) >= 11 is 3.22. The van der Waals surface area contributed by atoms with Crippen LogP contribution >= 0.6 is 15.9 Å². The quantitative estimate of drug-likeness (QED) is 0.921. The molecule has 19 heavy (non-hydrogen) atoms. The van der Waals surface area contributed by atoms with Crippen LogP contribution in [0.4, 0.5) is 4.39 Å². The number of carbonyl (C=O) groups excluding carboxylic acids is 1. The summed E-state index contributed by atoms with van der Waals surface area (Å²) in [6, 6.07) is 4.53. The fourth-order valence-corrected chi connectivity index (χ4v) is 3.05. The molecule has 5 heteroatoms. The maximum absolute atomic E-state index is 13.0. The second kappa shape index (κ2) is 6.48. The van der Waals surface area contributed by atoms with E-state index in [2.05, 4.69) is 33.1 Å². The maximum Gasteiger partial charge on any atom is 0.252 e. The number of benzene rings is 1. The van der Waals surface area contributed by atoms with Crippen molar-refractivity contribution in [2.75, 3.05) is 19.6 Å².